The molecule has 2 aromatic heterocycles. The Labute approximate surface area is 193 Å². The number of nitrogens with zero attached hydrogens (tertiary/aromatic N) is 2. The number of aromatic nitrogens is 3. The number of hydrogen-bond donors (Lipinski definition) is 3. The van der Waals surface area contributed by atoms with Crippen LogP contribution in [-0.4, -0.2) is 45.5 Å². The third kappa shape index (κ3) is 5.04. The highest BCUT2D eigenvalue weighted by Crippen LogP contribution is 2.41. The zero-order valence-corrected chi connectivity index (χ0v) is 18.8. The number of ether oxygens (including phenoxy) is 1. The predicted molar refractivity (Wildman–Crippen MR) is 116 cm³/mol. The predicted octanol–water partition coefficient (Wildman–Crippen LogP) is 4.06. The fourth-order valence-corrected chi connectivity index (χ4v) is 3.34. The summed E-state index contributed by atoms with van der Waals surface area (Å²) in [6, 6.07) is 7.48. The molecule has 1 amide bonds. The maximum absolute atomic E-state index is 14.2. The monoisotopic (exact) mass is 480 g/mol. The van der Waals surface area contributed by atoms with Crippen molar-refractivity contribution in [3.05, 3.63) is 64.9 Å². The smallest absolute Gasteiger partial charge is 0.424 e. The summed E-state index contributed by atoms with van der Waals surface area (Å²) >= 11 is 0. The number of rotatable bonds is 8. The van der Waals surface area contributed by atoms with Crippen molar-refractivity contribution in [2.45, 2.75) is 39.0 Å². The van der Waals surface area contributed by atoms with E-state index in [0.717, 1.165) is 18.2 Å². The Hall–Kier alpha value is -3.47. The molecule has 0 unspecified atom stereocenters. The van der Waals surface area contributed by atoms with Gasteiger partial charge < -0.3 is 15.2 Å². The van der Waals surface area contributed by atoms with E-state index in [9.17, 15) is 27.5 Å². The first-order valence-electron chi connectivity index (χ1n) is 10.5. The number of aliphatic hydroxyl groups is 1. The third-order valence-corrected chi connectivity index (χ3v) is 5.17. The third-order valence-electron chi connectivity index (χ3n) is 5.17. The maximum Gasteiger partial charge on any atom is 0.424 e. The highest BCUT2D eigenvalue weighted by atomic mass is 19.4. The highest BCUT2D eigenvalue weighted by Gasteiger charge is 2.56. The van der Waals surface area contributed by atoms with Crippen molar-refractivity contribution >= 4 is 5.91 Å². The largest absolute Gasteiger partial charge is 0.491 e. The van der Waals surface area contributed by atoms with Gasteiger partial charge in [0.25, 0.3) is 5.91 Å². The van der Waals surface area contributed by atoms with Gasteiger partial charge >= 0.3 is 6.18 Å². The van der Waals surface area contributed by atoms with Crippen LogP contribution < -0.4 is 10.1 Å². The zero-order valence-electron chi connectivity index (χ0n) is 18.8. The Kier molecular flexibility index (Phi) is 7.25. The average molecular weight is 480 g/mol. The molecule has 3 N–H and O–H groups in total. The molecule has 1 aromatic carbocycles. The molecular weight excluding hydrogens is 456 g/mol. The Bertz CT molecular complexity index is 1160. The molecule has 34 heavy (non-hydrogen) atoms. The lowest BCUT2D eigenvalue weighted by Gasteiger charge is -2.31. The van der Waals surface area contributed by atoms with Crippen LogP contribution in [0.1, 0.15) is 41.3 Å². The van der Waals surface area contributed by atoms with Crippen LogP contribution in [0.5, 0.6) is 5.75 Å². The van der Waals surface area contributed by atoms with Gasteiger partial charge in [-0.25, -0.2) is 9.37 Å². The maximum atomic E-state index is 14.2. The van der Waals surface area contributed by atoms with Crippen LogP contribution in [0, 0.1) is 12.7 Å². The molecule has 0 fully saturated rings. The Balaban J connectivity index is 2.10. The Morgan fingerprint density at radius 3 is 2.38 bits per heavy atom. The van der Waals surface area contributed by atoms with E-state index in [-0.39, 0.29) is 30.2 Å². The van der Waals surface area contributed by atoms with Gasteiger partial charge in [-0.3, -0.25) is 9.89 Å². The van der Waals surface area contributed by atoms with Crippen molar-refractivity contribution in [1.29, 1.82) is 0 Å². The van der Waals surface area contributed by atoms with Crippen LogP contribution >= 0.6 is 0 Å². The van der Waals surface area contributed by atoms with Gasteiger partial charge in [0.15, 0.2) is 0 Å². The van der Waals surface area contributed by atoms with Crippen molar-refractivity contribution in [2.24, 2.45) is 0 Å². The quantitative estimate of drug-likeness (QED) is 0.422. The lowest BCUT2D eigenvalue weighted by Crippen LogP contribution is -2.51. The zero-order chi connectivity index (χ0) is 25.1. The van der Waals surface area contributed by atoms with Gasteiger partial charge in [-0.05, 0) is 62.2 Å². The minimum absolute atomic E-state index is 0.0214. The molecule has 1 atom stereocenters. The molecule has 0 aliphatic carbocycles. The van der Waals surface area contributed by atoms with E-state index in [1.807, 2.05) is 0 Å². The second-order valence-electron chi connectivity index (χ2n) is 7.61. The lowest BCUT2D eigenvalue weighted by atomic mass is 9.94. The number of aryl methyl sites for hydroxylation is 2. The van der Waals surface area contributed by atoms with E-state index in [2.05, 4.69) is 20.5 Å². The second kappa shape index (κ2) is 9.80. The number of pyridine rings is 1. The van der Waals surface area contributed by atoms with E-state index in [0.29, 0.717) is 16.8 Å². The van der Waals surface area contributed by atoms with Gasteiger partial charge in [-0.1, -0.05) is 6.92 Å². The van der Waals surface area contributed by atoms with Crippen LogP contribution in [0.3, 0.4) is 0 Å². The molecule has 7 nitrogen and oxygen atoms in total. The van der Waals surface area contributed by atoms with E-state index >= 15 is 0 Å². The molecule has 0 bridgehead atoms. The first kappa shape index (κ1) is 25.2. The fraction of sp³-hybridized carbons (Fsp3) is 0.348. The normalized spacial score (nSPS) is 13.4. The molecule has 182 valence electrons. The summed E-state index contributed by atoms with van der Waals surface area (Å²) < 4.78 is 61.6. The number of aromatic amines is 1. The molecule has 2 heterocycles. The van der Waals surface area contributed by atoms with Gasteiger partial charge in [0.05, 0.1) is 18.8 Å². The molecule has 3 rings (SSSR count). The molecule has 0 spiro atoms. The average Bonchev–Trinajstić information content (AvgIpc) is 3.23. The number of carbonyl (C=O) groups excluding carboxylic acids is 1. The minimum atomic E-state index is -5.19. The van der Waals surface area contributed by atoms with Crippen LogP contribution in [-0.2, 0) is 12.0 Å². The highest BCUT2D eigenvalue weighted by molar-refractivity contribution is 5.92. The first-order chi connectivity index (χ1) is 16.0. The van der Waals surface area contributed by atoms with Crippen molar-refractivity contribution in [2.75, 3.05) is 13.2 Å². The Morgan fingerprint density at radius 1 is 1.18 bits per heavy atom. The molecule has 0 aliphatic heterocycles. The van der Waals surface area contributed by atoms with Crippen LogP contribution in [0.4, 0.5) is 17.6 Å². The van der Waals surface area contributed by atoms with Crippen LogP contribution in [0.15, 0.2) is 36.4 Å². The van der Waals surface area contributed by atoms with Gasteiger partial charge in [-0.2, -0.15) is 18.3 Å². The summed E-state index contributed by atoms with van der Waals surface area (Å²) in [7, 11) is 0. The minimum Gasteiger partial charge on any atom is -0.491 e. The molecule has 11 heteroatoms. The number of nitrogens with one attached hydrogen (secondary N) is 2. The fourth-order valence-electron chi connectivity index (χ4n) is 3.34. The summed E-state index contributed by atoms with van der Waals surface area (Å²) in [5.41, 5.74) is -3.13. The number of hydrogen-bond acceptors (Lipinski definition) is 5. The van der Waals surface area contributed by atoms with E-state index in [1.54, 1.807) is 20.8 Å². The lowest BCUT2D eigenvalue weighted by molar-refractivity contribution is -0.265. The standard InChI is InChI=1S/C23H24F4N4O3/c1-4-14-11-18(29-19(20(14)34-5-2)15-6-8-16(24)9-7-15)22(33,23(25,26)27)12-28-21(32)17-10-13(3)30-31-17/h6-11,33H,4-5,12H2,1-3H3,(H,28,32)(H,30,31)/t22-/m0/s1. The van der Waals surface area contributed by atoms with Crippen LogP contribution in [0.25, 0.3) is 11.3 Å². The number of benzene rings is 1. The summed E-state index contributed by atoms with van der Waals surface area (Å²) in [6.07, 6.45) is -4.92. The molecule has 0 saturated carbocycles. The van der Waals surface area contributed by atoms with E-state index in [4.69, 9.17) is 4.74 Å². The number of alkyl halides is 3. The topological polar surface area (TPSA) is 100 Å². The van der Waals surface area contributed by atoms with E-state index < -0.39 is 35.7 Å². The molecule has 0 radical (unpaired) electrons. The van der Waals surface area contributed by atoms with E-state index in [1.165, 1.54) is 18.2 Å². The van der Waals surface area contributed by atoms with Gasteiger partial charge in [0.2, 0.25) is 5.60 Å². The van der Waals surface area contributed by atoms with Crippen molar-refractivity contribution in [1.82, 2.24) is 20.5 Å². The first-order valence-corrected chi connectivity index (χ1v) is 10.5. The van der Waals surface area contributed by atoms with Gasteiger partial charge in [0, 0.05) is 11.3 Å². The molecule has 3 aromatic rings. The molecule has 0 saturated heterocycles. The van der Waals surface area contributed by atoms with Gasteiger partial charge in [-0.15, -0.1) is 0 Å². The van der Waals surface area contributed by atoms with Gasteiger partial charge in [0.1, 0.15) is 23.0 Å². The summed E-state index contributed by atoms with van der Waals surface area (Å²) in [5.74, 6) is -1.19. The molecule has 0 aliphatic rings. The van der Waals surface area contributed by atoms with Crippen molar-refractivity contribution in [3.8, 4) is 17.0 Å². The summed E-state index contributed by atoms with van der Waals surface area (Å²) in [4.78, 5) is 16.4. The molecular formula is C23H24F4N4O3. The van der Waals surface area contributed by atoms with Crippen molar-refractivity contribution < 1.29 is 32.2 Å². The second-order valence-corrected chi connectivity index (χ2v) is 7.61. The number of carbonyl (C=O) groups is 1. The number of amides is 1. The van der Waals surface area contributed by atoms with Crippen LogP contribution in [0.2, 0.25) is 0 Å². The SMILES string of the molecule is CCOc1c(CC)cc([C@@](O)(CNC(=O)c2cc(C)[nH]n2)C(F)(F)F)nc1-c1ccc(F)cc1. The summed E-state index contributed by atoms with van der Waals surface area (Å²) in [5, 5.41) is 19.2. The Morgan fingerprint density at radius 2 is 1.85 bits per heavy atom. The summed E-state index contributed by atoms with van der Waals surface area (Å²) in [6.45, 7) is 4.06. The number of H-pyrrole nitrogens is 1. The number of halogens is 4. The van der Waals surface area contributed by atoms with Crippen molar-refractivity contribution in [3.63, 3.8) is 0 Å².